The number of rotatable bonds is 12. The predicted molar refractivity (Wildman–Crippen MR) is 106 cm³/mol. The van der Waals surface area contributed by atoms with E-state index >= 15 is 0 Å². The van der Waals surface area contributed by atoms with Crippen molar-refractivity contribution in [1.29, 1.82) is 0 Å². The van der Waals surface area contributed by atoms with Gasteiger partial charge in [0.15, 0.2) is 0 Å². The second-order valence-corrected chi connectivity index (χ2v) is 5.35. The Kier molecular flexibility index (Phi) is 28.1. The molecule has 0 heterocycles. The Morgan fingerprint density at radius 3 is 1.65 bits per heavy atom. The molecule has 0 N–H and O–H groups in total. The Hall–Kier alpha value is -0.570. The van der Waals surface area contributed by atoms with Gasteiger partial charge in [-0.15, -0.1) is 0 Å². The van der Waals surface area contributed by atoms with Crippen LogP contribution in [0.2, 0.25) is 0 Å². The average Bonchev–Trinajstić information content (AvgIpc) is 2.59. The molecule has 0 aliphatic carbocycles. The third-order valence-electron chi connectivity index (χ3n) is 3.62. The van der Waals surface area contributed by atoms with Crippen LogP contribution < -0.4 is 0 Å². The maximum absolute atomic E-state index is 11.5. The van der Waals surface area contributed by atoms with Crippen LogP contribution in [0.4, 0.5) is 0 Å². The summed E-state index contributed by atoms with van der Waals surface area (Å²) < 4.78 is 0. The highest BCUT2D eigenvalue weighted by molar-refractivity contribution is 5.73. The van der Waals surface area contributed by atoms with Gasteiger partial charge in [-0.25, -0.2) is 0 Å². The van der Waals surface area contributed by atoms with Crippen molar-refractivity contribution in [2.24, 2.45) is 0 Å². The van der Waals surface area contributed by atoms with Crippen LogP contribution in [0.15, 0.2) is 0 Å². The second kappa shape index (κ2) is 23.7. The van der Waals surface area contributed by atoms with E-state index in [-0.39, 0.29) is 5.91 Å². The summed E-state index contributed by atoms with van der Waals surface area (Å²) in [6.07, 6.45) is 7.16. The van der Waals surface area contributed by atoms with E-state index in [1.165, 1.54) is 32.4 Å². The Morgan fingerprint density at radius 2 is 1.22 bits per heavy atom. The van der Waals surface area contributed by atoms with Crippen LogP contribution in [-0.4, -0.2) is 48.4 Å². The summed E-state index contributed by atoms with van der Waals surface area (Å²) in [7, 11) is 0. The SMILES string of the molecule is CC.CC.CCCCN(CCCCCN(CC)CCC)C(C)=O. The molecule has 0 aromatic carbocycles. The highest BCUT2D eigenvalue weighted by Gasteiger charge is 2.07. The lowest BCUT2D eigenvalue weighted by Gasteiger charge is -2.22. The van der Waals surface area contributed by atoms with Crippen molar-refractivity contribution in [3.05, 3.63) is 0 Å². The first-order valence-corrected chi connectivity index (χ1v) is 10.1. The first-order valence-electron chi connectivity index (χ1n) is 10.1. The van der Waals surface area contributed by atoms with Crippen molar-refractivity contribution in [2.45, 2.75) is 93.9 Å². The largest absolute Gasteiger partial charge is 0.343 e. The fraction of sp³-hybridized carbons (Fsp3) is 0.950. The van der Waals surface area contributed by atoms with Gasteiger partial charge < -0.3 is 9.80 Å². The Balaban J connectivity index is -0.000000919. The minimum Gasteiger partial charge on any atom is -0.343 e. The minimum absolute atomic E-state index is 0.231. The summed E-state index contributed by atoms with van der Waals surface area (Å²) in [6, 6.07) is 0. The van der Waals surface area contributed by atoms with Gasteiger partial charge >= 0.3 is 0 Å². The lowest BCUT2D eigenvalue weighted by molar-refractivity contribution is -0.129. The molecule has 1 amide bonds. The van der Waals surface area contributed by atoms with Crippen LogP contribution in [0.3, 0.4) is 0 Å². The molecular weight excluding hydrogens is 284 g/mol. The quantitative estimate of drug-likeness (QED) is 0.435. The molecular formula is C20H46N2O. The molecule has 0 saturated heterocycles. The van der Waals surface area contributed by atoms with Crippen LogP contribution >= 0.6 is 0 Å². The highest BCUT2D eigenvalue weighted by Crippen LogP contribution is 2.03. The Bertz CT molecular complexity index is 220. The predicted octanol–water partition coefficient (Wildman–Crippen LogP) is 5.59. The van der Waals surface area contributed by atoms with Gasteiger partial charge in [0.05, 0.1) is 0 Å². The summed E-state index contributed by atoms with van der Waals surface area (Å²) in [5, 5.41) is 0. The van der Waals surface area contributed by atoms with E-state index in [9.17, 15) is 4.79 Å². The third kappa shape index (κ3) is 19.4. The standard InChI is InChI=1S/C16H34N2O.2C2H6/c1-5-8-14-18(16(4)19)15-11-9-10-13-17(7-3)12-6-2;2*1-2/h5-15H2,1-4H3;2*1-2H3. The molecule has 0 rings (SSSR count). The molecule has 0 aromatic heterocycles. The first kappa shape index (κ1) is 27.3. The molecule has 0 saturated carbocycles. The molecule has 0 atom stereocenters. The van der Waals surface area contributed by atoms with E-state index < -0.39 is 0 Å². The van der Waals surface area contributed by atoms with Crippen molar-refractivity contribution in [2.75, 3.05) is 32.7 Å². The van der Waals surface area contributed by atoms with Gasteiger partial charge in [0.2, 0.25) is 5.91 Å². The van der Waals surface area contributed by atoms with E-state index in [1.807, 2.05) is 32.6 Å². The molecule has 0 aliphatic rings. The van der Waals surface area contributed by atoms with Crippen LogP contribution in [-0.2, 0) is 4.79 Å². The maximum Gasteiger partial charge on any atom is 0.219 e. The molecule has 23 heavy (non-hydrogen) atoms. The van der Waals surface area contributed by atoms with Gasteiger partial charge in [-0.3, -0.25) is 4.79 Å². The first-order chi connectivity index (χ1) is 11.2. The maximum atomic E-state index is 11.5. The zero-order chi connectivity index (χ0) is 18.5. The molecule has 0 unspecified atom stereocenters. The molecule has 0 aliphatic heterocycles. The number of carbonyl (C=O) groups is 1. The average molecular weight is 331 g/mol. The minimum atomic E-state index is 0.231. The van der Waals surface area contributed by atoms with Crippen LogP contribution in [0.1, 0.15) is 93.9 Å². The smallest absolute Gasteiger partial charge is 0.219 e. The van der Waals surface area contributed by atoms with Crippen LogP contribution in [0.5, 0.6) is 0 Å². The molecule has 0 aromatic rings. The van der Waals surface area contributed by atoms with E-state index in [4.69, 9.17) is 0 Å². The molecule has 0 bridgehead atoms. The van der Waals surface area contributed by atoms with E-state index in [1.54, 1.807) is 6.92 Å². The summed E-state index contributed by atoms with van der Waals surface area (Å²) in [5.74, 6) is 0.231. The number of hydrogen-bond donors (Lipinski definition) is 0. The van der Waals surface area contributed by atoms with Gasteiger partial charge in [-0.2, -0.15) is 0 Å². The summed E-state index contributed by atoms with van der Waals surface area (Å²) >= 11 is 0. The normalized spacial score (nSPS) is 9.61. The fourth-order valence-electron chi connectivity index (χ4n) is 2.33. The van der Waals surface area contributed by atoms with E-state index in [0.29, 0.717) is 0 Å². The van der Waals surface area contributed by atoms with E-state index in [2.05, 4.69) is 25.7 Å². The molecule has 0 spiro atoms. The van der Waals surface area contributed by atoms with E-state index in [0.717, 1.165) is 38.9 Å². The van der Waals surface area contributed by atoms with Crippen molar-refractivity contribution in [1.82, 2.24) is 9.80 Å². The number of nitrogens with zero attached hydrogens (tertiary/aromatic N) is 2. The monoisotopic (exact) mass is 330 g/mol. The molecule has 142 valence electrons. The Morgan fingerprint density at radius 1 is 0.696 bits per heavy atom. The van der Waals surface area contributed by atoms with Gasteiger partial charge in [-0.05, 0) is 45.3 Å². The van der Waals surface area contributed by atoms with Crippen LogP contribution in [0.25, 0.3) is 0 Å². The van der Waals surface area contributed by atoms with Gasteiger partial charge in [0.1, 0.15) is 0 Å². The third-order valence-corrected chi connectivity index (χ3v) is 3.62. The van der Waals surface area contributed by atoms with Crippen molar-refractivity contribution < 1.29 is 4.79 Å². The molecule has 3 nitrogen and oxygen atoms in total. The topological polar surface area (TPSA) is 23.6 Å². The van der Waals surface area contributed by atoms with Gasteiger partial charge in [0, 0.05) is 20.0 Å². The highest BCUT2D eigenvalue weighted by atomic mass is 16.2. The number of unbranched alkanes of at least 4 members (excludes halogenated alkanes) is 3. The number of hydrogen-bond acceptors (Lipinski definition) is 2. The summed E-state index contributed by atoms with van der Waals surface area (Å²) in [6.45, 7) is 21.8. The van der Waals surface area contributed by atoms with Crippen molar-refractivity contribution in [3.8, 4) is 0 Å². The Labute approximate surface area is 147 Å². The number of carbonyl (C=O) groups excluding carboxylic acids is 1. The lowest BCUT2D eigenvalue weighted by atomic mass is 10.2. The lowest BCUT2D eigenvalue weighted by Crippen LogP contribution is -2.31. The summed E-state index contributed by atoms with van der Waals surface area (Å²) in [5.41, 5.74) is 0. The van der Waals surface area contributed by atoms with Gasteiger partial charge in [0.25, 0.3) is 0 Å². The van der Waals surface area contributed by atoms with Gasteiger partial charge in [-0.1, -0.05) is 61.3 Å². The molecule has 0 fully saturated rings. The zero-order valence-electron chi connectivity index (χ0n) is 17.6. The second-order valence-electron chi connectivity index (χ2n) is 5.35. The van der Waals surface area contributed by atoms with Crippen molar-refractivity contribution >= 4 is 5.91 Å². The molecule has 3 heteroatoms. The fourth-order valence-corrected chi connectivity index (χ4v) is 2.33. The molecule has 0 radical (unpaired) electrons. The summed E-state index contributed by atoms with van der Waals surface area (Å²) in [4.78, 5) is 16.0. The number of amides is 1. The van der Waals surface area contributed by atoms with Crippen molar-refractivity contribution in [3.63, 3.8) is 0 Å². The van der Waals surface area contributed by atoms with Crippen LogP contribution in [0, 0.1) is 0 Å². The zero-order valence-corrected chi connectivity index (χ0v) is 17.6.